The molecule has 0 saturated heterocycles. The average molecular weight is 458 g/mol. The maximum Gasteiger partial charge on any atom is 0.225 e. The average Bonchev–Trinajstić information content (AvgIpc) is 3.24. The van der Waals surface area contributed by atoms with Gasteiger partial charge >= 0.3 is 0 Å². The lowest BCUT2D eigenvalue weighted by atomic mass is 10.0. The van der Waals surface area contributed by atoms with Gasteiger partial charge in [-0.3, -0.25) is 4.79 Å². The molecule has 0 atom stereocenters. The Morgan fingerprint density at radius 1 is 0.939 bits per heavy atom. The molecule has 0 aliphatic heterocycles. The Labute approximate surface area is 198 Å². The second-order valence-electron chi connectivity index (χ2n) is 7.84. The van der Waals surface area contributed by atoms with Crippen molar-refractivity contribution in [3.05, 3.63) is 83.9 Å². The van der Waals surface area contributed by atoms with Gasteiger partial charge in [-0.1, -0.05) is 83.6 Å². The van der Waals surface area contributed by atoms with E-state index in [0.29, 0.717) is 23.6 Å². The molecule has 4 rings (SSSR count). The van der Waals surface area contributed by atoms with Crippen LogP contribution < -0.4 is 10.1 Å². The van der Waals surface area contributed by atoms with Gasteiger partial charge in [-0.2, -0.15) is 0 Å². The van der Waals surface area contributed by atoms with Crippen molar-refractivity contribution in [1.29, 1.82) is 0 Å². The molecule has 0 aliphatic rings. The van der Waals surface area contributed by atoms with E-state index in [1.807, 2.05) is 24.3 Å². The van der Waals surface area contributed by atoms with Gasteiger partial charge in [0.05, 0.1) is 24.2 Å². The quantitative estimate of drug-likeness (QED) is 0.297. The largest absolute Gasteiger partial charge is 0.495 e. The molecule has 0 radical (unpaired) electrons. The Morgan fingerprint density at radius 3 is 2.24 bits per heavy atom. The van der Waals surface area contributed by atoms with E-state index in [2.05, 4.69) is 72.7 Å². The lowest BCUT2D eigenvalue weighted by Gasteiger charge is -2.09. The normalized spacial score (nSPS) is 10.8. The number of aryl methyl sites for hydroxylation is 2. The first-order valence-electron chi connectivity index (χ1n) is 10.8. The van der Waals surface area contributed by atoms with Crippen molar-refractivity contribution >= 4 is 23.4 Å². The number of nitrogens with one attached hydrogen (secondary N) is 2. The van der Waals surface area contributed by atoms with Crippen molar-refractivity contribution in [3.8, 4) is 28.3 Å². The molecule has 4 aromatic rings. The predicted octanol–water partition coefficient (Wildman–Crippen LogP) is 6.49. The molecule has 0 spiro atoms. The zero-order valence-corrected chi connectivity index (χ0v) is 19.8. The Balaban J connectivity index is 1.48. The van der Waals surface area contributed by atoms with Crippen molar-refractivity contribution in [1.82, 2.24) is 9.97 Å². The Morgan fingerprint density at radius 2 is 1.58 bits per heavy atom. The van der Waals surface area contributed by atoms with Gasteiger partial charge in [0, 0.05) is 23.3 Å². The molecule has 6 heteroatoms. The number of para-hydroxylation sites is 2. The molecule has 1 heterocycles. The predicted molar refractivity (Wildman–Crippen MR) is 136 cm³/mol. The summed E-state index contributed by atoms with van der Waals surface area (Å²) in [7, 11) is 1.59. The number of aromatic amines is 1. The summed E-state index contributed by atoms with van der Waals surface area (Å²) in [4.78, 5) is 20.8. The van der Waals surface area contributed by atoms with Crippen molar-refractivity contribution in [2.24, 2.45) is 0 Å². The van der Waals surface area contributed by atoms with Crippen molar-refractivity contribution in [2.45, 2.75) is 25.4 Å². The number of anilines is 1. The fourth-order valence-electron chi connectivity index (χ4n) is 3.47. The lowest BCUT2D eigenvalue weighted by molar-refractivity contribution is -0.115. The van der Waals surface area contributed by atoms with Crippen LogP contribution in [-0.2, 0) is 4.79 Å². The number of methoxy groups -OCH3 is 1. The van der Waals surface area contributed by atoms with Crippen LogP contribution >= 0.6 is 11.8 Å². The summed E-state index contributed by atoms with van der Waals surface area (Å²) in [5.74, 6) is 1.20. The van der Waals surface area contributed by atoms with Crippen molar-refractivity contribution in [2.75, 3.05) is 18.2 Å². The number of hydrogen-bond donors (Lipinski definition) is 2. The summed E-state index contributed by atoms with van der Waals surface area (Å²) in [6.45, 7) is 4.15. The highest BCUT2D eigenvalue weighted by atomic mass is 32.2. The highest BCUT2D eigenvalue weighted by Crippen LogP contribution is 2.33. The molecule has 1 aromatic heterocycles. The summed E-state index contributed by atoms with van der Waals surface area (Å²) in [6.07, 6.45) is 0.364. The third kappa shape index (κ3) is 5.65. The van der Waals surface area contributed by atoms with Crippen LogP contribution in [0.3, 0.4) is 0 Å². The van der Waals surface area contributed by atoms with Gasteiger partial charge in [0.2, 0.25) is 5.91 Å². The first-order valence-corrected chi connectivity index (χ1v) is 11.8. The number of thioether (sulfide) groups is 1. The molecule has 5 nitrogen and oxygen atoms in total. The van der Waals surface area contributed by atoms with Gasteiger partial charge in [0.1, 0.15) is 5.75 Å². The van der Waals surface area contributed by atoms with Gasteiger partial charge in [-0.15, -0.1) is 0 Å². The van der Waals surface area contributed by atoms with Crippen LogP contribution in [0.1, 0.15) is 17.5 Å². The van der Waals surface area contributed by atoms with E-state index < -0.39 is 0 Å². The number of carbonyl (C=O) groups excluding carboxylic acids is 1. The number of hydrogen-bond acceptors (Lipinski definition) is 4. The molecular weight excluding hydrogens is 430 g/mol. The third-order valence-electron chi connectivity index (χ3n) is 5.30. The number of amides is 1. The summed E-state index contributed by atoms with van der Waals surface area (Å²) in [6, 6.07) is 24.2. The van der Waals surface area contributed by atoms with Gasteiger partial charge in [0.25, 0.3) is 0 Å². The molecule has 0 fully saturated rings. The lowest BCUT2D eigenvalue weighted by Crippen LogP contribution is -2.12. The van der Waals surface area contributed by atoms with E-state index in [1.165, 1.54) is 11.1 Å². The summed E-state index contributed by atoms with van der Waals surface area (Å²) in [5, 5.41) is 3.72. The van der Waals surface area contributed by atoms with Gasteiger partial charge in [-0.05, 0) is 26.0 Å². The van der Waals surface area contributed by atoms with Crippen molar-refractivity contribution < 1.29 is 9.53 Å². The summed E-state index contributed by atoms with van der Waals surface area (Å²) >= 11 is 1.54. The minimum Gasteiger partial charge on any atom is -0.495 e. The number of ether oxygens (including phenoxy) is 1. The topological polar surface area (TPSA) is 67.0 Å². The number of nitrogens with zero attached hydrogens (tertiary/aromatic N) is 1. The van der Waals surface area contributed by atoms with E-state index in [1.54, 1.807) is 18.9 Å². The smallest absolute Gasteiger partial charge is 0.225 e. The molecule has 0 bridgehead atoms. The summed E-state index contributed by atoms with van der Waals surface area (Å²) in [5.41, 5.74) is 7.15. The van der Waals surface area contributed by atoms with E-state index in [-0.39, 0.29) is 5.91 Å². The first-order chi connectivity index (χ1) is 16.0. The number of imidazole rings is 1. The first kappa shape index (κ1) is 22.7. The van der Waals surface area contributed by atoms with Crippen LogP contribution in [-0.4, -0.2) is 28.7 Å². The Kier molecular flexibility index (Phi) is 7.15. The van der Waals surface area contributed by atoms with Crippen LogP contribution in [0.15, 0.2) is 78.0 Å². The number of benzene rings is 3. The zero-order chi connectivity index (χ0) is 23.2. The second-order valence-corrected chi connectivity index (χ2v) is 8.93. The van der Waals surface area contributed by atoms with Crippen LogP contribution in [0.5, 0.6) is 5.75 Å². The molecule has 33 heavy (non-hydrogen) atoms. The fraction of sp³-hybridized carbons (Fsp3) is 0.185. The maximum atomic E-state index is 12.4. The Hall–Kier alpha value is -3.51. The maximum absolute atomic E-state index is 12.4. The molecule has 2 N–H and O–H groups in total. The molecule has 0 saturated carbocycles. The minimum atomic E-state index is -0.0592. The fourth-order valence-corrected chi connectivity index (χ4v) is 4.28. The summed E-state index contributed by atoms with van der Waals surface area (Å²) < 4.78 is 5.30. The molecular formula is C27H27N3O2S. The van der Waals surface area contributed by atoms with Crippen LogP contribution in [0.4, 0.5) is 5.69 Å². The highest BCUT2D eigenvalue weighted by molar-refractivity contribution is 7.99. The van der Waals surface area contributed by atoms with Crippen LogP contribution in [0.25, 0.3) is 22.5 Å². The van der Waals surface area contributed by atoms with Gasteiger partial charge in [0.15, 0.2) is 5.16 Å². The third-order valence-corrected chi connectivity index (χ3v) is 6.17. The van der Waals surface area contributed by atoms with E-state index in [0.717, 1.165) is 27.7 Å². The highest BCUT2D eigenvalue weighted by Gasteiger charge is 2.15. The number of rotatable bonds is 8. The van der Waals surface area contributed by atoms with Crippen molar-refractivity contribution in [3.63, 3.8) is 0 Å². The number of aromatic nitrogens is 2. The molecule has 0 unspecified atom stereocenters. The Bertz CT molecular complexity index is 1170. The number of H-pyrrole nitrogens is 1. The van der Waals surface area contributed by atoms with Crippen LogP contribution in [0.2, 0.25) is 0 Å². The SMILES string of the molecule is COc1ccccc1NC(=O)CCSc1nc(-c2ccc(C)cc2)c(-c2ccc(C)cc2)[nH]1. The van der Waals surface area contributed by atoms with Gasteiger partial charge < -0.3 is 15.0 Å². The molecule has 0 aliphatic carbocycles. The molecule has 3 aromatic carbocycles. The van der Waals surface area contributed by atoms with Gasteiger partial charge in [-0.25, -0.2) is 4.98 Å². The van der Waals surface area contributed by atoms with E-state index in [4.69, 9.17) is 9.72 Å². The second kappa shape index (κ2) is 10.4. The molecule has 1 amide bonds. The van der Waals surface area contributed by atoms with E-state index >= 15 is 0 Å². The molecule has 168 valence electrons. The number of carbonyl (C=O) groups is 1. The zero-order valence-electron chi connectivity index (χ0n) is 19.0. The standard InChI is InChI=1S/C27H27N3O2S/c1-18-8-12-20(13-9-18)25-26(21-14-10-19(2)11-15-21)30-27(29-25)33-17-16-24(31)28-22-6-4-5-7-23(22)32-3/h4-15H,16-17H2,1-3H3,(H,28,31)(H,29,30). The van der Waals surface area contributed by atoms with E-state index in [9.17, 15) is 4.79 Å². The monoisotopic (exact) mass is 457 g/mol. The minimum absolute atomic E-state index is 0.0592. The van der Waals surface area contributed by atoms with Crippen LogP contribution in [0, 0.1) is 13.8 Å².